The molecule has 0 aromatic heterocycles. The molecule has 198 valence electrons. The molecule has 8 heteroatoms. The Balaban J connectivity index is 1.99. The summed E-state index contributed by atoms with van der Waals surface area (Å²) in [6, 6.07) is 12.4. The first-order valence-corrected chi connectivity index (χ1v) is 14.5. The molecule has 1 aliphatic heterocycles. The first-order valence-electron chi connectivity index (χ1n) is 13.0. The molecular formula is C28H42N4O3S. The van der Waals surface area contributed by atoms with E-state index in [-0.39, 0.29) is 10.8 Å². The summed E-state index contributed by atoms with van der Waals surface area (Å²) in [5, 5.41) is 3.33. The standard InChI is InChI=1S/C28H42N4O3S/c1-20(2)18-32(19-21(3)4)28(33)24-9-12-27(31-15-13-29-14-16-31)26(17-24)30-36(34,35)25-10-7-23(8-11-25)22(5)6/h7-12,17,20-22,29-30H,13-16,18-19H2,1-6H3. The number of nitrogens with zero attached hydrogens (tertiary/aromatic N) is 2. The SMILES string of the molecule is CC(C)CN(CC(C)C)C(=O)c1ccc(N2CCNCC2)c(NS(=O)(=O)c2ccc(C(C)C)cc2)c1. The highest BCUT2D eigenvalue weighted by atomic mass is 32.2. The van der Waals surface area contributed by atoms with E-state index in [9.17, 15) is 13.2 Å². The van der Waals surface area contributed by atoms with Gasteiger partial charge in [-0.25, -0.2) is 8.42 Å². The molecule has 1 heterocycles. The number of amides is 1. The number of rotatable bonds is 10. The number of piperazine rings is 1. The summed E-state index contributed by atoms with van der Waals surface area (Å²) in [5.74, 6) is 0.904. The van der Waals surface area contributed by atoms with Crippen molar-refractivity contribution in [3.05, 3.63) is 53.6 Å². The lowest BCUT2D eigenvalue weighted by atomic mass is 10.0. The average molecular weight is 515 g/mol. The lowest BCUT2D eigenvalue weighted by molar-refractivity contribution is 0.0715. The molecule has 1 aliphatic rings. The van der Waals surface area contributed by atoms with Crippen molar-refractivity contribution in [1.29, 1.82) is 0 Å². The van der Waals surface area contributed by atoms with Gasteiger partial charge in [0, 0.05) is 44.8 Å². The maximum absolute atomic E-state index is 13.5. The summed E-state index contributed by atoms with van der Waals surface area (Å²) in [7, 11) is -3.83. The Morgan fingerprint density at radius 1 is 0.944 bits per heavy atom. The van der Waals surface area contributed by atoms with Gasteiger partial charge in [-0.2, -0.15) is 0 Å². The third kappa shape index (κ3) is 7.23. The van der Waals surface area contributed by atoms with Crippen molar-refractivity contribution < 1.29 is 13.2 Å². The van der Waals surface area contributed by atoms with E-state index in [2.05, 4.69) is 56.5 Å². The van der Waals surface area contributed by atoms with Gasteiger partial charge in [-0.05, 0) is 53.6 Å². The number of hydrogen-bond donors (Lipinski definition) is 2. The minimum absolute atomic E-state index is 0.0778. The summed E-state index contributed by atoms with van der Waals surface area (Å²) in [6.45, 7) is 17.0. The quantitative estimate of drug-likeness (QED) is 0.477. The Kier molecular flexibility index (Phi) is 9.41. The zero-order chi connectivity index (χ0) is 26.5. The molecule has 3 rings (SSSR count). The molecular weight excluding hydrogens is 472 g/mol. The Labute approximate surface area is 217 Å². The fourth-order valence-electron chi connectivity index (χ4n) is 4.47. The van der Waals surface area contributed by atoms with E-state index in [0.29, 0.717) is 42.1 Å². The minimum Gasteiger partial charge on any atom is -0.367 e. The largest absolute Gasteiger partial charge is 0.367 e. The van der Waals surface area contributed by atoms with Gasteiger partial charge in [0.15, 0.2) is 0 Å². The number of hydrogen-bond acceptors (Lipinski definition) is 5. The van der Waals surface area contributed by atoms with Crippen molar-refractivity contribution in [3.8, 4) is 0 Å². The number of anilines is 2. The average Bonchev–Trinajstić information content (AvgIpc) is 2.83. The number of carbonyl (C=O) groups excluding carboxylic acids is 1. The van der Waals surface area contributed by atoms with Crippen molar-refractivity contribution in [2.45, 2.75) is 52.4 Å². The van der Waals surface area contributed by atoms with Crippen LogP contribution in [0.1, 0.15) is 63.4 Å². The number of nitrogens with one attached hydrogen (secondary N) is 2. The van der Waals surface area contributed by atoms with Crippen LogP contribution in [0, 0.1) is 11.8 Å². The zero-order valence-corrected chi connectivity index (χ0v) is 23.4. The predicted molar refractivity (Wildman–Crippen MR) is 148 cm³/mol. The second-order valence-corrected chi connectivity index (χ2v) is 12.5. The van der Waals surface area contributed by atoms with Crippen LogP contribution in [0.25, 0.3) is 0 Å². The van der Waals surface area contributed by atoms with E-state index in [1.165, 1.54) is 0 Å². The first kappa shape index (κ1) is 28.0. The fourth-order valence-corrected chi connectivity index (χ4v) is 5.54. The third-order valence-corrected chi connectivity index (χ3v) is 7.64. The van der Waals surface area contributed by atoms with Crippen LogP contribution in [-0.2, 0) is 10.0 Å². The lowest BCUT2D eigenvalue weighted by Crippen LogP contribution is -2.44. The highest BCUT2D eigenvalue weighted by Gasteiger charge is 2.24. The summed E-state index contributed by atoms with van der Waals surface area (Å²) < 4.78 is 29.6. The van der Waals surface area contributed by atoms with E-state index in [0.717, 1.165) is 37.4 Å². The van der Waals surface area contributed by atoms with E-state index in [4.69, 9.17) is 0 Å². The molecule has 1 fully saturated rings. The molecule has 0 bridgehead atoms. The van der Waals surface area contributed by atoms with Crippen molar-refractivity contribution in [3.63, 3.8) is 0 Å². The monoisotopic (exact) mass is 514 g/mol. The minimum atomic E-state index is -3.83. The number of sulfonamides is 1. The molecule has 1 amide bonds. The van der Waals surface area contributed by atoms with Gasteiger partial charge >= 0.3 is 0 Å². The van der Waals surface area contributed by atoms with Crippen LogP contribution < -0.4 is 14.9 Å². The number of benzene rings is 2. The van der Waals surface area contributed by atoms with Gasteiger partial charge in [0.25, 0.3) is 15.9 Å². The normalized spacial score (nSPS) is 14.5. The molecule has 36 heavy (non-hydrogen) atoms. The zero-order valence-electron chi connectivity index (χ0n) is 22.5. The molecule has 0 saturated carbocycles. The molecule has 0 unspecified atom stereocenters. The summed E-state index contributed by atoms with van der Waals surface area (Å²) in [6.07, 6.45) is 0. The van der Waals surface area contributed by atoms with Crippen LogP contribution in [0.2, 0.25) is 0 Å². The molecule has 2 N–H and O–H groups in total. The molecule has 2 aromatic carbocycles. The van der Waals surface area contributed by atoms with E-state index in [1.54, 1.807) is 18.2 Å². The molecule has 0 spiro atoms. The first-order chi connectivity index (χ1) is 17.0. The Morgan fingerprint density at radius 3 is 2.06 bits per heavy atom. The second kappa shape index (κ2) is 12.1. The highest BCUT2D eigenvalue weighted by Crippen LogP contribution is 2.31. The van der Waals surface area contributed by atoms with Crippen LogP contribution in [0.4, 0.5) is 11.4 Å². The van der Waals surface area contributed by atoms with Gasteiger partial charge in [0.1, 0.15) is 0 Å². The summed E-state index contributed by atoms with van der Waals surface area (Å²) >= 11 is 0. The Bertz CT molecular complexity index is 1110. The van der Waals surface area contributed by atoms with E-state index >= 15 is 0 Å². The van der Waals surface area contributed by atoms with Crippen molar-refractivity contribution >= 4 is 27.3 Å². The van der Waals surface area contributed by atoms with Crippen LogP contribution >= 0.6 is 0 Å². The van der Waals surface area contributed by atoms with Crippen LogP contribution in [0.15, 0.2) is 47.4 Å². The van der Waals surface area contributed by atoms with Crippen molar-refractivity contribution in [2.75, 3.05) is 48.9 Å². The topological polar surface area (TPSA) is 81.8 Å². The lowest BCUT2D eigenvalue weighted by Gasteiger charge is -2.32. The van der Waals surface area contributed by atoms with Crippen LogP contribution in [0.3, 0.4) is 0 Å². The number of carbonyl (C=O) groups is 1. The van der Waals surface area contributed by atoms with Gasteiger partial charge in [0.2, 0.25) is 0 Å². The molecule has 1 saturated heterocycles. The van der Waals surface area contributed by atoms with E-state index < -0.39 is 10.0 Å². The van der Waals surface area contributed by atoms with Gasteiger partial charge in [-0.1, -0.05) is 53.7 Å². The maximum Gasteiger partial charge on any atom is 0.261 e. The molecule has 7 nitrogen and oxygen atoms in total. The summed E-state index contributed by atoms with van der Waals surface area (Å²) in [4.78, 5) is 17.8. The Morgan fingerprint density at radius 2 is 1.53 bits per heavy atom. The molecule has 0 aliphatic carbocycles. The smallest absolute Gasteiger partial charge is 0.261 e. The molecule has 2 aromatic rings. The van der Waals surface area contributed by atoms with E-state index in [1.807, 2.05) is 29.2 Å². The van der Waals surface area contributed by atoms with Crippen LogP contribution in [0.5, 0.6) is 0 Å². The van der Waals surface area contributed by atoms with Crippen molar-refractivity contribution in [1.82, 2.24) is 10.2 Å². The van der Waals surface area contributed by atoms with Gasteiger partial charge in [-0.3, -0.25) is 9.52 Å². The predicted octanol–water partition coefficient (Wildman–Crippen LogP) is 4.77. The second-order valence-electron chi connectivity index (χ2n) is 10.8. The van der Waals surface area contributed by atoms with Gasteiger partial charge in [0.05, 0.1) is 16.3 Å². The van der Waals surface area contributed by atoms with Gasteiger partial charge < -0.3 is 15.1 Å². The fraction of sp³-hybridized carbons (Fsp3) is 0.536. The Hall–Kier alpha value is -2.58. The van der Waals surface area contributed by atoms with Crippen LogP contribution in [-0.4, -0.2) is 58.5 Å². The van der Waals surface area contributed by atoms with Crippen molar-refractivity contribution in [2.24, 2.45) is 11.8 Å². The summed E-state index contributed by atoms with van der Waals surface area (Å²) in [5.41, 5.74) is 2.79. The molecule has 0 atom stereocenters. The maximum atomic E-state index is 13.5. The van der Waals surface area contributed by atoms with Gasteiger partial charge in [-0.15, -0.1) is 0 Å². The highest BCUT2D eigenvalue weighted by molar-refractivity contribution is 7.92. The third-order valence-electron chi connectivity index (χ3n) is 6.26. The molecule has 0 radical (unpaired) electrons.